The third kappa shape index (κ3) is 2.32. The number of amides is 2. The first kappa shape index (κ1) is 16.0. The summed E-state index contributed by atoms with van der Waals surface area (Å²) in [6, 6.07) is 9.18. The van der Waals surface area contributed by atoms with Crippen molar-refractivity contribution in [3.8, 4) is 5.75 Å². The first-order chi connectivity index (χ1) is 11.5. The van der Waals surface area contributed by atoms with Crippen LogP contribution in [0.15, 0.2) is 36.4 Å². The zero-order chi connectivity index (χ0) is 17.4. The van der Waals surface area contributed by atoms with Crippen LogP contribution in [0.4, 0.5) is 5.69 Å². The Kier molecular flexibility index (Phi) is 3.99. The molecule has 1 heterocycles. The normalized spacial score (nSPS) is 13.0. The molecule has 122 valence electrons. The van der Waals surface area contributed by atoms with Crippen molar-refractivity contribution in [2.75, 3.05) is 19.1 Å². The van der Waals surface area contributed by atoms with Crippen LogP contribution in [0.3, 0.4) is 0 Å². The van der Waals surface area contributed by atoms with Crippen molar-refractivity contribution < 1.29 is 23.9 Å². The highest BCUT2D eigenvalue weighted by Crippen LogP contribution is 2.37. The molecule has 0 radical (unpaired) electrons. The Labute approximate surface area is 142 Å². The van der Waals surface area contributed by atoms with E-state index in [9.17, 15) is 14.4 Å². The van der Waals surface area contributed by atoms with Gasteiger partial charge in [-0.15, -0.1) is 0 Å². The van der Waals surface area contributed by atoms with Crippen molar-refractivity contribution >= 4 is 35.1 Å². The quantitative estimate of drug-likeness (QED) is 0.631. The lowest BCUT2D eigenvalue weighted by molar-refractivity contribution is 0.0597. The molecule has 0 saturated carbocycles. The summed E-state index contributed by atoms with van der Waals surface area (Å²) < 4.78 is 9.83. The highest BCUT2D eigenvalue weighted by atomic mass is 35.5. The number of carbonyl (C=O) groups is 3. The minimum atomic E-state index is -0.636. The lowest BCUT2D eigenvalue weighted by Gasteiger charge is -2.18. The maximum absolute atomic E-state index is 12.5. The van der Waals surface area contributed by atoms with E-state index >= 15 is 0 Å². The summed E-state index contributed by atoms with van der Waals surface area (Å²) >= 11 is 6.20. The number of rotatable bonds is 3. The number of carbonyl (C=O) groups excluding carboxylic acids is 3. The van der Waals surface area contributed by atoms with Crippen LogP contribution in [-0.2, 0) is 4.74 Å². The van der Waals surface area contributed by atoms with Gasteiger partial charge in [-0.1, -0.05) is 23.7 Å². The zero-order valence-corrected chi connectivity index (χ0v) is 13.6. The topological polar surface area (TPSA) is 72.9 Å². The van der Waals surface area contributed by atoms with Gasteiger partial charge in [0.2, 0.25) is 0 Å². The summed E-state index contributed by atoms with van der Waals surface area (Å²) in [4.78, 5) is 37.8. The van der Waals surface area contributed by atoms with E-state index in [2.05, 4.69) is 4.74 Å². The number of nitrogens with zero attached hydrogens (tertiary/aromatic N) is 1. The summed E-state index contributed by atoms with van der Waals surface area (Å²) in [5.74, 6) is -1.45. The van der Waals surface area contributed by atoms with E-state index in [1.807, 2.05) is 0 Å². The molecule has 0 aliphatic carbocycles. The number of hydrogen-bond donors (Lipinski definition) is 0. The van der Waals surface area contributed by atoms with Gasteiger partial charge in [0.1, 0.15) is 11.3 Å². The van der Waals surface area contributed by atoms with Gasteiger partial charge in [-0.3, -0.25) is 9.59 Å². The Balaban J connectivity index is 2.13. The fourth-order valence-electron chi connectivity index (χ4n) is 2.56. The SMILES string of the molecule is COC(=O)c1cc(Cl)c(N2C(=O)c3ccccc3C2=O)cc1OC. The largest absolute Gasteiger partial charge is 0.496 e. The number of methoxy groups -OCH3 is 2. The number of imide groups is 1. The molecule has 1 aliphatic heterocycles. The molecule has 2 amide bonds. The molecule has 2 aromatic rings. The Hall–Kier alpha value is -2.86. The Morgan fingerprint density at radius 3 is 2.12 bits per heavy atom. The van der Waals surface area contributed by atoms with E-state index in [-0.39, 0.29) is 22.0 Å². The van der Waals surface area contributed by atoms with Crippen molar-refractivity contribution in [1.29, 1.82) is 0 Å². The number of hydrogen-bond acceptors (Lipinski definition) is 5. The summed E-state index contributed by atoms with van der Waals surface area (Å²) in [5.41, 5.74) is 0.849. The molecule has 0 unspecified atom stereocenters. The van der Waals surface area contributed by atoms with Crippen LogP contribution in [0, 0.1) is 0 Å². The number of halogens is 1. The second-order valence-corrected chi connectivity index (χ2v) is 5.39. The molecule has 0 saturated heterocycles. The molecule has 0 aromatic heterocycles. The van der Waals surface area contributed by atoms with Crippen LogP contribution in [0.25, 0.3) is 0 Å². The average Bonchev–Trinajstić information content (AvgIpc) is 2.85. The van der Waals surface area contributed by atoms with Crippen LogP contribution >= 0.6 is 11.6 Å². The van der Waals surface area contributed by atoms with Gasteiger partial charge in [0, 0.05) is 6.07 Å². The van der Waals surface area contributed by atoms with Gasteiger partial charge in [0.05, 0.1) is 36.1 Å². The fraction of sp³-hybridized carbons (Fsp3) is 0.118. The van der Waals surface area contributed by atoms with Gasteiger partial charge < -0.3 is 9.47 Å². The van der Waals surface area contributed by atoms with Gasteiger partial charge in [0.25, 0.3) is 11.8 Å². The lowest BCUT2D eigenvalue weighted by Crippen LogP contribution is -2.29. The van der Waals surface area contributed by atoms with Crippen LogP contribution in [-0.4, -0.2) is 32.0 Å². The molecule has 0 atom stereocenters. The smallest absolute Gasteiger partial charge is 0.341 e. The molecule has 0 spiro atoms. The molecule has 2 aromatic carbocycles. The predicted molar refractivity (Wildman–Crippen MR) is 86.9 cm³/mol. The van der Waals surface area contributed by atoms with E-state index in [1.54, 1.807) is 24.3 Å². The molecule has 3 rings (SSSR count). The summed E-state index contributed by atoms with van der Waals surface area (Å²) in [6.07, 6.45) is 0. The van der Waals surface area contributed by atoms with Gasteiger partial charge in [-0.25, -0.2) is 9.69 Å². The van der Waals surface area contributed by atoms with Crippen LogP contribution < -0.4 is 9.64 Å². The molecule has 7 heteroatoms. The fourth-order valence-corrected chi connectivity index (χ4v) is 2.81. The van der Waals surface area contributed by atoms with Gasteiger partial charge in [-0.05, 0) is 18.2 Å². The maximum atomic E-state index is 12.5. The van der Waals surface area contributed by atoms with Gasteiger partial charge in [-0.2, -0.15) is 0 Å². The number of fused-ring (bicyclic) bond motifs is 1. The molecule has 0 N–H and O–H groups in total. The summed E-state index contributed by atoms with van der Waals surface area (Å²) in [6.45, 7) is 0. The monoisotopic (exact) mass is 345 g/mol. The maximum Gasteiger partial charge on any atom is 0.341 e. The first-order valence-electron chi connectivity index (χ1n) is 6.93. The Morgan fingerprint density at radius 2 is 1.62 bits per heavy atom. The Morgan fingerprint density at radius 1 is 1.04 bits per heavy atom. The van der Waals surface area contributed by atoms with E-state index in [0.29, 0.717) is 11.1 Å². The first-order valence-corrected chi connectivity index (χ1v) is 7.31. The molecule has 0 bridgehead atoms. The van der Waals surface area contributed by atoms with Crippen LogP contribution in [0.1, 0.15) is 31.1 Å². The molecule has 0 fully saturated rings. The number of anilines is 1. The third-order valence-corrected chi connectivity index (χ3v) is 4.01. The predicted octanol–water partition coefficient (Wildman–Crippen LogP) is 2.94. The summed E-state index contributed by atoms with van der Waals surface area (Å²) in [7, 11) is 2.59. The van der Waals surface area contributed by atoms with Crippen LogP contribution in [0.2, 0.25) is 5.02 Å². The third-order valence-electron chi connectivity index (χ3n) is 3.71. The standard InChI is InChI=1S/C17H12ClNO5/c1-23-14-8-13(12(18)7-11(14)17(22)24-2)19-15(20)9-5-3-4-6-10(9)16(19)21/h3-8H,1-2H3. The highest BCUT2D eigenvalue weighted by molar-refractivity contribution is 6.40. The average molecular weight is 346 g/mol. The summed E-state index contributed by atoms with van der Waals surface area (Å²) in [5, 5.41) is 0.0608. The van der Waals surface area contributed by atoms with Crippen molar-refractivity contribution in [2.45, 2.75) is 0 Å². The molecular formula is C17H12ClNO5. The highest BCUT2D eigenvalue weighted by Gasteiger charge is 2.38. The molecule has 1 aliphatic rings. The Bertz CT molecular complexity index is 842. The van der Waals surface area contributed by atoms with Crippen molar-refractivity contribution in [3.63, 3.8) is 0 Å². The number of esters is 1. The second kappa shape index (κ2) is 5.98. The van der Waals surface area contributed by atoms with E-state index in [1.165, 1.54) is 26.4 Å². The second-order valence-electron chi connectivity index (χ2n) is 4.99. The van der Waals surface area contributed by atoms with Crippen molar-refractivity contribution in [1.82, 2.24) is 0 Å². The van der Waals surface area contributed by atoms with E-state index in [0.717, 1.165) is 4.90 Å². The minimum absolute atomic E-state index is 0.0608. The number of ether oxygens (including phenoxy) is 2. The zero-order valence-electron chi connectivity index (χ0n) is 12.8. The minimum Gasteiger partial charge on any atom is -0.496 e. The van der Waals surface area contributed by atoms with E-state index < -0.39 is 17.8 Å². The van der Waals surface area contributed by atoms with Gasteiger partial charge in [0.15, 0.2) is 0 Å². The lowest BCUT2D eigenvalue weighted by atomic mass is 10.1. The van der Waals surface area contributed by atoms with Gasteiger partial charge >= 0.3 is 5.97 Å². The van der Waals surface area contributed by atoms with Crippen LogP contribution in [0.5, 0.6) is 5.75 Å². The number of benzene rings is 2. The van der Waals surface area contributed by atoms with Crippen molar-refractivity contribution in [3.05, 3.63) is 58.1 Å². The molecular weight excluding hydrogens is 334 g/mol. The van der Waals surface area contributed by atoms with E-state index in [4.69, 9.17) is 16.3 Å². The molecule has 6 nitrogen and oxygen atoms in total. The van der Waals surface area contributed by atoms with Crippen molar-refractivity contribution in [2.24, 2.45) is 0 Å². The molecule has 24 heavy (non-hydrogen) atoms.